The molecule has 0 aliphatic rings. The summed E-state index contributed by atoms with van der Waals surface area (Å²) < 4.78 is 2.63. The summed E-state index contributed by atoms with van der Waals surface area (Å²) in [6, 6.07) is 4.94. The van der Waals surface area contributed by atoms with E-state index in [1.165, 1.54) is 6.07 Å². The Morgan fingerprint density at radius 2 is 2.10 bits per heavy atom. The van der Waals surface area contributed by atoms with E-state index in [4.69, 9.17) is 0 Å². The Morgan fingerprint density at radius 1 is 1.38 bits per heavy atom. The maximum atomic E-state index is 11.1. The lowest BCUT2D eigenvalue weighted by atomic mass is 10.2. The molecule has 0 bridgehead atoms. The zero-order valence-electron chi connectivity index (χ0n) is 12.2. The predicted molar refractivity (Wildman–Crippen MR) is 86.2 cm³/mol. The fourth-order valence-electron chi connectivity index (χ4n) is 2.07. The van der Waals surface area contributed by atoms with E-state index < -0.39 is 0 Å². The SMILES string of the molecule is CCCNc1cc(-n2nc(C)c(Br)c2C)cc([N+](=O)[O-])c1. The first-order chi connectivity index (χ1) is 9.93. The number of anilines is 1. The normalized spacial score (nSPS) is 10.7. The van der Waals surface area contributed by atoms with Crippen LogP contribution in [0, 0.1) is 24.0 Å². The van der Waals surface area contributed by atoms with Crippen molar-refractivity contribution in [1.82, 2.24) is 9.78 Å². The van der Waals surface area contributed by atoms with E-state index in [9.17, 15) is 10.1 Å². The minimum absolute atomic E-state index is 0.0507. The molecule has 1 aromatic heterocycles. The maximum Gasteiger partial charge on any atom is 0.273 e. The fourth-order valence-corrected chi connectivity index (χ4v) is 2.32. The Morgan fingerprint density at radius 3 is 2.62 bits per heavy atom. The lowest BCUT2D eigenvalue weighted by Gasteiger charge is -2.09. The number of rotatable bonds is 5. The van der Waals surface area contributed by atoms with E-state index >= 15 is 0 Å². The number of benzene rings is 1. The van der Waals surface area contributed by atoms with Gasteiger partial charge in [0.2, 0.25) is 0 Å². The van der Waals surface area contributed by atoms with Crippen LogP contribution in [0.5, 0.6) is 0 Å². The van der Waals surface area contributed by atoms with Crippen molar-refractivity contribution < 1.29 is 4.92 Å². The maximum absolute atomic E-state index is 11.1. The van der Waals surface area contributed by atoms with Crippen LogP contribution < -0.4 is 5.32 Å². The highest BCUT2D eigenvalue weighted by Gasteiger charge is 2.15. The van der Waals surface area contributed by atoms with Crippen molar-refractivity contribution in [1.29, 1.82) is 0 Å². The molecule has 0 saturated carbocycles. The van der Waals surface area contributed by atoms with Crippen molar-refractivity contribution in [2.45, 2.75) is 27.2 Å². The molecule has 1 N–H and O–H groups in total. The summed E-state index contributed by atoms with van der Waals surface area (Å²) in [4.78, 5) is 10.7. The van der Waals surface area contributed by atoms with Gasteiger partial charge in [0.05, 0.1) is 26.5 Å². The number of aryl methyl sites for hydroxylation is 1. The van der Waals surface area contributed by atoms with Crippen molar-refractivity contribution in [3.63, 3.8) is 0 Å². The predicted octanol–water partition coefficient (Wildman–Crippen LogP) is 3.98. The first kappa shape index (κ1) is 15.5. The van der Waals surface area contributed by atoms with E-state index in [0.717, 1.165) is 34.5 Å². The monoisotopic (exact) mass is 352 g/mol. The van der Waals surface area contributed by atoms with Gasteiger partial charge in [-0.1, -0.05) is 6.92 Å². The van der Waals surface area contributed by atoms with Gasteiger partial charge >= 0.3 is 0 Å². The van der Waals surface area contributed by atoms with Crippen molar-refractivity contribution in [3.05, 3.63) is 44.2 Å². The van der Waals surface area contributed by atoms with Crippen LogP contribution in [0.25, 0.3) is 5.69 Å². The molecule has 0 aliphatic heterocycles. The zero-order chi connectivity index (χ0) is 15.6. The van der Waals surface area contributed by atoms with E-state index in [2.05, 4.69) is 26.3 Å². The summed E-state index contributed by atoms with van der Waals surface area (Å²) in [6.45, 7) is 6.62. The molecule has 0 saturated heterocycles. The van der Waals surface area contributed by atoms with Crippen LogP contribution in [0.15, 0.2) is 22.7 Å². The van der Waals surface area contributed by atoms with Crippen LogP contribution in [-0.2, 0) is 0 Å². The van der Waals surface area contributed by atoms with Gasteiger partial charge in [0.1, 0.15) is 0 Å². The van der Waals surface area contributed by atoms with E-state index in [-0.39, 0.29) is 10.6 Å². The Labute approximate surface area is 131 Å². The van der Waals surface area contributed by atoms with E-state index in [1.807, 2.05) is 26.8 Å². The molecule has 0 unspecified atom stereocenters. The molecule has 0 radical (unpaired) electrons. The number of nitrogens with one attached hydrogen (secondary N) is 1. The minimum atomic E-state index is -0.388. The van der Waals surface area contributed by atoms with Gasteiger partial charge in [-0.25, -0.2) is 4.68 Å². The average Bonchev–Trinajstić information content (AvgIpc) is 2.72. The lowest BCUT2D eigenvalue weighted by Crippen LogP contribution is -2.04. The average molecular weight is 353 g/mol. The zero-order valence-corrected chi connectivity index (χ0v) is 13.8. The third kappa shape index (κ3) is 3.24. The number of nitro groups is 1. The first-order valence-electron chi connectivity index (χ1n) is 6.69. The highest BCUT2D eigenvalue weighted by molar-refractivity contribution is 9.10. The van der Waals surface area contributed by atoms with E-state index in [1.54, 1.807) is 10.7 Å². The fraction of sp³-hybridized carbons (Fsp3) is 0.357. The minimum Gasteiger partial charge on any atom is -0.385 e. The molecule has 2 aromatic rings. The summed E-state index contributed by atoms with van der Waals surface area (Å²) in [5, 5.41) is 18.7. The van der Waals surface area contributed by atoms with Gasteiger partial charge in [-0.05, 0) is 42.3 Å². The Bertz CT molecular complexity index is 682. The largest absolute Gasteiger partial charge is 0.385 e. The van der Waals surface area contributed by atoms with E-state index in [0.29, 0.717) is 5.69 Å². The highest BCUT2D eigenvalue weighted by Crippen LogP contribution is 2.27. The van der Waals surface area contributed by atoms with Crippen LogP contribution in [0.1, 0.15) is 24.7 Å². The third-order valence-corrected chi connectivity index (χ3v) is 4.29. The summed E-state index contributed by atoms with van der Waals surface area (Å²) in [5.41, 5.74) is 3.21. The van der Waals surface area contributed by atoms with Crippen molar-refractivity contribution >= 4 is 27.3 Å². The number of halogens is 1. The topological polar surface area (TPSA) is 73.0 Å². The second-order valence-electron chi connectivity index (χ2n) is 4.82. The molecule has 6 nitrogen and oxygen atoms in total. The van der Waals surface area contributed by atoms with Crippen molar-refractivity contribution in [2.24, 2.45) is 0 Å². The Hall–Kier alpha value is -1.89. The number of non-ortho nitro benzene ring substituents is 1. The smallest absolute Gasteiger partial charge is 0.273 e. The molecule has 21 heavy (non-hydrogen) atoms. The standard InChI is InChI=1S/C14H17BrN4O2/c1-4-5-16-11-6-12(8-13(7-11)19(20)21)18-10(3)14(15)9(2)17-18/h6-8,16H,4-5H2,1-3H3. The van der Waals surface area contributed by atoms with Gasteiger partial charge in [-0.2, -0.15) is 5.10 Å². The second kappa shape index (κ2) is 6.26. The summed E-state index contributed by atoms with van der Waals surface area (Å²) in [5.74, 6) is 0. The summed E-state index contributed by atoms with van der Waals surface area (Å²) >= 11 is 3.47. The first-order valence-corrected chi connectivity index (χ1v) is 7.48. The molecule has 1 aromatic carbocycles. The molecule has 2 rings (SSSR count). The van der Waals surface area contributed by atoms with Crippen LogP contribution in [0.2, 0.25) is 0 Å². The molecule has 0 amide bonds. The van der Waals surface area contributed by atoms with Crippen LogP contribution in [-0.4, -0.2) is 21.2 Å². The van der Waals surface area contributed by atoms with Crippen molar-refractivity contribution in [3.8, 4) is 5.69 Å². The number of aromatic nitrogens is 2. The molecule has 0 aliphatic carbocycles. The van der Waals surface area contributed by atoms with Crippen LogP contribution in [0.3, 0.4) is 0 Å². The highest BCUT2D eigenvalue weighted by atomic mass is 79.9. The van der Waals surface area contributed by atoms with Gasteiger partial charge in [-0.3, -0.25) is 10.1 Å². The third-order valence-electron chi connectivity index (χ3n) is 3.14. The molecular weight excluding hydrogens is 336 g/mol. The molecule has 0 spiro atoms. The number of hydrogen-bond donors (Lipinski definition) is 1. The Balaban J connectivity index is 2.53. The van der Waals surface area contributed by atoms with Gasteiger partial charge in [0.25, 0.3) is 5.69 Å². The Kier molecular flexibility index (Phi) is 4.62. The molecule has 112 valence electrons. The van der Waals surface area contributed by atoms with Gasteiger partial charge in [-0.15, -0.1) is 0 Å². The molecule has 1 heterocycles. The molecule has 0 atom stereocenters. The number of hydrogen-bond acceptors (Lipinski definition) is 4. The molecule has 7 heteroatoms. The van der Waals surface area contributed by atoms with Gasteiger partial charge < -0.3 is 5.32 Å². The van der Waals surface area contributed by atoms with Crippen LogP contribution in [0.4, 0.5) is 11.4 Å². The summed E-state index contributed by atoms with van der Waals surface area (Å²) in [6.07, 6.45) is 0.948. The molecule has 0 fully saturated rings. The molecular formula is C14H17BrN4O2. The second-order valence-corrected chi connectivity index (χ2v) is 5.61. The lowest BCUT2D eigenvalue weighted by molar-refractivity contribution is -0.384. The van der Waals surface area contributed by atoms with Gasteiger partial charge in [0, 0.05) is 24.4 Å². The number of nitrogens with zero attached hydrogens (tertiary/aromatic N) is 3. The van der Waals surface area contributed by atoms with Crippen molar-refractivity contribution in [2.75, 3.05) is 11.9 Å². The number of nitro benzene ring substituents is 1. The van der Waals surface area contributed by atoms with Crippen LogP contribution >= 0.6 is 15.9 Å². The quantitative estimate of drug-likeness (QED) is 0.652. The summed E-state index contributed by atoms with van der Waals surface area (Å²) in [7, 11) is 0. The van der Waals surface area contributed by atoms with Gasteiger partial charge in [0.15, 0.2) is 0 Å².